The van der Waals surface area contributed by atoms with Gasteiger partial charge in [0.05, 0.1) is 25.7 Å². The van der Waals surface area contributed by atoms with Crippen molar-refractivity contribution in [3.63, 3.8) is 0 Å². The SMILES string of the molecule is CCCCc1ccc(C(=CC2(C=C(C3=CC(C)=C(C)C(C)(C)C3NC3CCCCC3)c3ccc(CCCC)cc3)OC(=O)c3c(Cl)c(Cl)c(Cl)c(Cl)c32)C2=CC(C)=C(C)C(C)(C)C2NC2CCCCC2)cc1. The minimum Gasteiger partial charge on any atom is -0.442 e. The van der Waals surface area contributed by atoms with Gasteiger partial charge in [-0.3, -0.25) is 0 Å². The molecule has 72 heavy (non-hydrogen) atoms. The van der Waals surface area contributed by atoms with Crippen molar-refractivity contribution in [2.24, 2.45) is 10.8 Å². The third-order valence-electron chi connectivity index (χ3n) is 17.6. The maximum Gasteiger partial charge on any atom is 0.341 e. The van der Waals surface area contributed by atoms with Gasteiger partial charge in [0, 0.05) is 40.6 Å². The summed E-state index contributed by atoms with van der Waals surface area (Å²) in [6, 6.07) is 18.7. The molecule has 1 heterocycles. The highest BCUT2D eigenvalue weighted by Crippen LogP contribution is 2.56. The van der Waals surface area contributed by atoms with E-state index in [0.717, 1.165) is 97.6 Å². The molecule has 2 N–H and O–H groups in total. The molecule has 2 atom stereocenters. The molecule has 0 aromatic heterocycles. The molecular weight excluding hydrogens is 971 g/mol. The first kappa shape index (κ1) is 54.9. The van der Waals surface area contributed by atoms with Crippen molar-refractivity contribution in [3.8, 4) is 0 Å². The topological polar surface area (TPSA) is 50.4 Å². The van der Waals surface area contributed by atoms with Crippen LogP contribution < -0.4 is 10.6 Å². The van der Waals surface area contributed by atoms with Gasteiger partial charge >= 0.3 is 5.97 Å². The second kappa shape index (κ2) is 22.9. The van der Waals surface area contributed by atoms with Crippen molar-refractivity contribution in [1.82, 2.24) is 10.6 Å². The summed E-state index contributed by atoms with van der Waals surface area (Å²) in [6.45, 7) is 23.0. The lowest BCUT2D eigenvalue weighted by atomic mass is 9.66. The number of hydrogen-bond donors (Lipinski definition) is 2. The van der Waals surface area contributed by atoms with E-state index in [9.17, 15) is 0 Å². The number of fused-ring (bicyclic) bond motifs is 1. The molecule has 2 fully saturated rings. The predicted octanol–water partition coefficient (Wildman–Crippen LogP) is 18.7. The van der Waals surface area contributed by atoms with E-state index in [0.29, 0.717) is 17.6 Å². The highest BCUT2D eigenvalue weighted by molar-refractivity contribution is 6.53. The van der Waals surface area contributed by atoms with Crippen LogP contribution in [-0.4, -0.2) is 30.1 Å². The number of hydrogen-bond acceptors (Lipinski definition) is 4. The first-order valence-corrected chi connectivity index (χ1v) is 28.9. The number of unbranched alkanes of at least 4 members (excludes halogenated alkanes) is 2. The van der Waals surface area contributed by atoms with Crippen LogP contribution in [0.15, 0.2) is 106 Å². The standard InChI is InChI=1S/C64H80Cl4N2O2/c1-11-13-21-43-27-31-45(32-28-43)51(49-35-39(3)41(5)62(7,8)59(49)69-47-23-17-15-18-24-47)37-64(54-53(61(71)72-64)55(65)57(67)58(68)56(54)66)38-52(46-33-29-44(30-34-46)22-14-12-2)50-36-40(4)42(6)63(9,10)60(50)70-48-25-19-16-20-26-48/h27-38,47-48,59-60,69-70H,11-26H2,1-10H3. The summed E-state index contributed by atoms with van der Waals surface area (Å²) in [5.74, 6) is -0.602. The smallest absolute Gasteiger partial charge is 0.341 e. The fourth-order valence-corrected chi connectivity index (χ4v) is 13.5. The zero-order chi connectivity index (χ0) is 51.7. The van der Waals surface area contributed by atoms with E-state index in [-0.39, 0.29) is 48.6 Å². The summed E-state index contributed by atoms with van der Waals surface area (Å²) in [4.78, 5) is 15.1. The molecule has 0 bridgehead atoms. The van der Waals surface area contributed by atoms with Gasteiger partial charge in [0.1, 0.15) is 0 Å². The van der Waals surface area contributed by atoms with Crippen LogP contribution in [0.3, 0.4) is 0 Å². The summed E-state index contributed by atoms with van der Waals surface area (Å²) in [5.41, 5.74) is 12.3. The third-order valence-corrected chi connectivity index (χ3v) is 19.4. The molecule has 3 aromatic rings. The molecule has 2 unspecified atom stereocenters. The van der Waals surface area contributed by atoms with E-state index < -0.39 is 11.6 Å². The summed E-state index contributed by atoms with van der Waals surface area (Å²) in [7, 11) is 0. The van der Waals surface area contributed by atoms with Gasteiger partial charge in [0.15, 0.2) is 5.60 Å². The number of aryl methyl sites for hydroxylation is 2. The minimum absolute atomic E-state index is 0.0306. The van der Waals surface area contributed by atoms with E-state index in [4.69, 9.17) is 51.1 Å². The van der Waals surface area contributed by atoms with Crippen molar-refractivity contribution in [3.05, 3.63) is 160 Å². The lowest BCUT2D eigenvalue weighted by Gasteiger charge is -2.45. The molecule has 8 heteroatoms. The first-order valence-electron chi connectivity index (χ1n) is 27.4. The van der Waals surface area contributed by atoms with Crippen molar-refractivity contribution in [2.45, 2.75) is 202 Å². The molecule has 0 radical (unpaired) electrons. The summed E-state index contributed by atoms with van der Waals surface area (Å²) in [6.07, 6.45) is 27.5. The number of carbonyl (C=O) groups excluding carboxylic acids is 1. The normalized spacial score (nSPS) is 24.1. The Labute approximate surface area is 453 Å². The molecule has 5 aliphatic rings. The third kappa shape index (κ3) is 11.0. The number of nitrogens with one attached hydrogen (secondary N) is 2. The minimum atomic E-state index is -1.62. The van der Waals surface area contributed by atoms with Gasteiger partial charge in [-0.05, 0) is 136 Å². The number of cyclic esters (lactones) is 1. The molecule has 0 saturated heterocycles. The number of allylic oxidation sites excluding steroid dienone is 4. The second-order valence-electron chi connectivity index (χ2n) is 23.0. The Kier molecular flexibility index (Phi) is 17.4. The van der Waals surface area contributed by atoms with E-state index >= 15 is 4.79 Å². The van der Waals surface area contributed by atoms with Crippen molar-refractivity contribution >= 4 is 63.5 Å². The predicted molar refractivity (Wildman–Crippen MR) is 308 cm³/mol. The zero-order valence-corrected chi connectivity index (χ0v) is 47.9. The van der Waals surface area contributed by atoms with Crippen molar-refractivity contribution in [1.29, 1.82) is 0 Å². The van der Waals surface area contributed by atoms with Gasteiger partial charge in [-0.15, -0.1) is 0 Å². The molecule has 3 aromatic carbocycles. The van der Waals surface area contributed by atoms with Crippen LogP contribution in [0.25, 0.3) is 11.1 Å². The van der Waals surface area contributed by atoms with Crippen LogP contribution in [-0.2, 0) is 23.2 Å². The van der Waals surface area contributed by atoms with Gasteiger partial charge in [-0.2, -0.15) is 0 Å². The van der Waals surface area contributed by atoms with Crippen LogP contribution >= 0.6 is 46.4 Å². The molecule has 1 aliphatic heterocycles. The van der Waals surface area contributed by atoms with E-state index in [1.165, 1.54) is 71.9 Å². The van der Waals surface area contributed by atoms with Gasteiger partial charge in [0.2, 0.25) is 0 Å². The Morgan fingerprint density at radius 2 is 0.972 bits per heavy atom. The maximum absolute atomic E-state index is 15.1. The highest BCUT2D eigenvalue weighted by atomic mass is 35.5. The first-order chi connectivity index (χ1) is 34.3. The zero-order valence-electron chi connectivity index (χ0n) is 44.9. The lowest BCUT2D eigenvalue weighted by molar-refractivity contribution is 0.0299. The summed E-state index contributed by atoms with van der Waals surface area (Å²) >= 11 is 28.8. The average Bonchev–Trinajstić information content (AvgIpc) is 3.67. The number of benzene rings is 3. The number of halogens is 4. The molecule has 0 spiro atoms. The van der Waals surface area contributed by atoms with E-state index in [1.807, 2.05) is 0 Å². The maximum atomic E-state index is 15.1. The van der Waals surface area contributed by atoms with Crippen molar-refractivity contribution in [2.75, 3.05) is 0 Å². The van der Waals surface area contributed by atoms with Crippen molar-refractivity contribution < 1.29 is 9.53 Å². The Morgan fingerprint density at radius 1 is 0.583 bits per heavy atom. The lowest BCUT2D eigenvalue weighted by Crippen LogP contribution is -2.51. The number of rotatable bonds is 16. The Hall–Kier alpha value is -3.35. The Bertz CT molecular complexity index is 2560. The highest BCUT2D eigenvalue weighted by Gasteiger charge is 2.50. The molecule has 2 saturated carbocycles. The Balaban J connectivity index is 1.49. The number of carbonyl (C=O) groups is 1. The van der Waals surface area contributed by atoms with Crippen LogP contribution in [0.4, 0.5) is 0 Å². The molecular formula is C64H80Cl4N2O2. The van der Waals surface area contributed by atoms with Crippen LogP contribution in [0.2, 0.25) is 20.1 Å². The van der Waals surface area contributed by atoms with E-state index in [2.05, 4.69) is 153 Å². The van der Waals surface area contributed by atoms with Gasteiger partial charge in [-0.1, -0.05) is 222 Å². The molecule has 0 amide bonds. The van der Waals surface area contributed by atoms with Crippen LogP contribution in [0.1, 0.15) is 197 Å². The average molecular weight is 1050 g/mol. The van der Waals surface area contributed by atoms with Crippen LogP contribution in [0, 0.1) is 10.8 Å². The second-order valence-corrected chi connectivity index (χ2v) is 24.5. The fraction of sp³-hybridized carbons (Fsp3) is 0.516. The Morgan fingerprint density at radius 3 is 1.36 bits per heavy atom. The monoisotopic (exact) mass is 1050 g/mol. The molecule has 4 aliphatic carbocycles. The quantitative estimate of drug-likeness (QED) is 0.0853. The summed E-state index contributed by atoms with van der Waals surface area (Å²) < 4.78 is 7.10. The number of esters is 1. The summed E-state index contributed by atoms with van der Waals surface area (Å²) in [5, 5.41) is 8.83. The van der Waals surface area contributed by atoms with E-state index in [1.54, 1.807) is 0 Å². The van der Waals surface area contributed by atoms with Crippen LogP contribution in [0.5, 0.6) is 0 Å². The van der Waals surface area contributed by atoms with Gasteiger partial charge < -0.3 is 15.4 Å². The molecule has 8 rings (SSSR count). The number of ether oxygens (including phenoxy) is 1. The largest absolute Gasteiger partial charge is 0.442 e. The fourth-order valence-electron chi connectivity index (χ4n) is 12.4. The van der Waals surface area contributed by atoms with Gasteiger partial charge in [-0.25, -0.2) is 4.79 Å². The van der Waals surface area contributed by atoms with Gasteiger partial charge in [0.25, 0.3) is 0 Å². The molecule has 4 nitrogen and oxygen atoms in total. The molecule has 386 valence electrons.